The maximum Gasteiger partial charge on any atom is 0.269 e. The first-order valence-corrected chi connectivity index (χ1v) is 8.03. The molecule has 4 rings (SSSR count). The lowest BCUT2D eigenvalue weighted by atomic mass is 10.0. The minimum atomic E-state index is -0.688. The van der Waals surface area contributed by atoms with Crippen LogP contribution in [-0.4, -0.2) is 19.7 Å². The summed E-state index contributed by atoms with van der Waals surface area (Å²) in [6, 6.07) is 8.67. The largest absolute Gasteiger partial charge is 0.324 e. The van der Waals surface area contributed by atoms with E-state index in [9.17, 15) is 18.9 Å². The van der Waals surface area contributed by atoms with E-state index in [1.807, 2.05) is 0 Å². The molecule has 9 heteroatoms. The van der Waals surface area contributed by atoms with E-state index in [1.54, 1.807) is 29.8 Å². The van der Waals surface area contributed by atoms with Gasteiger partial charge in [0.1, 0.15) is 23.5 Å². The van der Waals surface area contributed by atoms with Gasteiger partial charge in [0, 0.05) is 23.9 Å². The first-order valence-electron chi connectivity index (χ1n) is 8.03. The molecule has 7 nitrogen and oxygen atoms in total. The molecule has 0 aliphatic carbocycles. The van der Waals surface area contributed by atoms with E-state index >= 15 is 0 Å². The van der Waals surface area contributed by atoms with Gasteiger partial charge in [0.05, 0.1) is 4.92 Å². The number of nitro benzene ring substituents is 1. The lowest BCUT2D eigenvalue weighted by Crippen LogP contribution is -2.20. The van der Waals surface area contributed by atoms with E-state index in [2.05, 4.69) is 15.4 Å². The minimum absolute atomic E-state index is 0.0297. The molecular formula is C18H13F2N5O2. The molecule has 27 heavy (non-hydrogen) atoms. The molecule has 1 aromatic heterocycles. The van der Waals surface area contributed by atoms with E-state index in [-0.39, 0.29) is 5.69 Å². The molecule has 0 saturated carbocycles. The van der Waals surface area contributed by atoms with Crippen LogP contribution in [0.3, 0.4) is 0 Å². The Balaban J connectivity index is 1.81. The van der Waals surface area contributed by atoms with Crippen LogP contribution in [0.15, 0.2) is 48.5 Å². The Hall–Kier alpha value is -3.62. The Labute approximate surface area is 152 Å². The summed E-state index contributed by atoms with van der Waals surface area (Å²) < 4.78 is 29.0. The molecule has 1 atom stereocenters. The highest BCUT2D eigenvalue weighted by atomic mass is 19.1. The zero-order valence-electron chi connectivity index (χ0n) is 14.1. The zero-order valence-corrected chi connectivity index (χ0v) is 14.1. The number of halogens is 2. The summed E-state index contributed by atoms with van der Waals surface area (Å²) in [7, 11) is 0. The molecule has 0 unspecified atom stereocenters. The molecule has 3 aromatic rings. The number of anilines is 1. The third kappa shape index (κ3) is 3.14. The normalized spacial score (nSPS) is 15.7. The van der Waals surface area contributed by atoms with Crippen molar-refractivity contribution in [2.24, 2.45) is 0 Å². The summed E-state index contributed by atoms with van der Waals surface area (Å²) in [5, 5.41) is 18.2. The van der Waals surface area contributed by atoms with Crippen molar-refractivity contribution in [1.29, 1.82) is 0 Å². The topological polar surface area (TPSA) is 85.9 Å². The van der Waals surface area contributed by atoms with Crippen LogP contribution in [0.4, 0.5) is 20.4 Å². The number of allylic oxidation sites excluding steroid dienone is 1. The summed E-state index contributed by atoms with van der Waals surface area (Å²) in [4.78, 5) is 14.7. The van der Waals surface area contributed by atoms with E-state index in [0.717, 1.165) is 6.07 Å². The van der Waals surface area contributed by atoms with Crippen molar-refractivity contribution < 1.29 is 13.7 Å². The zero-order chi connectivity index (χ0) is 19.1. The van der Waals surface area contributed by atoms with Crippen LogP contribution < -0.4 is 5.32 Å². The number of nitrogens with zero attached hydrogens (tertiary/aromatic N) is 4. The number of fused-ring (bicyclic) bond motifs is 1. The Bertz CT molecular complexity index is 1060. The highest BCUT2D eigenvalue weighted by Gasteiger charge is 2.25. The molecule has 0 bridgehead atoms. The molecular weight excluding hydrogens is 356 g/mol. The summed E-state index contributed by atoms with van der Waals surface area (Å²) in [5.41, 5.74) is 1.63. The molecule has 1 aliphatic heterocycles. The molecule has 0 amide bonds. The van der Waals surface area contributed by atoms with Gasteiger partial charge in [-0.2, -0.15) is 10.1 Å². The van der Waals surface area contributed by atoms with Crippen LogP contribution in [0.5, 0.6) is 0 Å². The van der Waals surface area contributed by atoms with Crippen LogP contribution >= 0.6 is 0 Å². The molecule has 0 saturated heterocycles. The van der Waals surface area contributed by atoms with Crippen molar-refractivity contribution in [3.8, 4) is 0 Å². The van der Waals surface area contributed by atoms with Crippen LogP contribution in [-0.2, 0) is 0 Å². The van der Waals surface area contributed by atoms with E-state index in [1.165, 1.54) is 24.3 Å². The molecule has 0 spiro atoms. The number of hydrogen-bond acceptors (Lipinski definition) is 5. The Kier molecular flexibility index (Phi) is 3.91. The fourth-order valence-electron chi connectivity index (χ4n) is 3.01. The first-order chi connectivity index (χ1) is 12.9. The van der Waals surface area contributed by atoms with Gasteiger partial charge in [-0.05, 0) is 48.4 Å². The number of aryl methyl sites for hydroxylation is 1. The van der Waals surface area contributed by atoms with Gasteiger partial charge in [-0.15, -0.1) is 0 Å². The first kappa shape index (κ1) is 16.8. The summed E-state index contributed by atoms with van der Waals surface area (Å²) in [6.45, 7) is 1.71. The van der Waals surface area contributed by atoms with Crippen molar-refractivity contribution in [2.45, 2.75) is 13.0 Å². The van der Waals surface area contributed by atoms with Crippen molar-refractivity contribution in [1.82, 2.24) is 14.8 Å². The Morgan fingerprint density at radius 2 is 1.81 bits per heavy atom. The van der Waals surface area contributed by atoms with E-state index < -0.39 is 22.6 Å². The number of nitrogens with one attached hydrogen (secondary N) is 1. The number of benzene rings is 2. The Morgan fingerprint density at radius 1 is 1.15 bits per heavy atom. The fourth-order valence-corrected chi connectivity index (χ4v) is 3.01. The molecule has 1 N–H and O–H groups in total. The van der Waals surface area contributed by atoms with Crippen LogP contribution in [0.2, 0.25) is 0 Å². The maximum atomic E-state index is 13.7. The Morgan fingerprint density at radius 3 is 2.44 bits per heavy atom. The summed E-state index contributed by atoms with van der Waals surface area (Å²) in [6.07, 6.45) is 1.75. The summed E-state index contributed by atoms with van der Waals surface area (Å²) >= 11 is 0. The number of hydrogen-bond donors (Lipinski definition) is 1. The monoisotopic (exact) mass is 369 g/mol. The second-order valence-corrected chi connectivity index (χ2v) is 6.08. The second kappa shape index (κ2) is 6.27. The maximum absolute atomic E-state index is 13.7. The van der Waals surface area contributed by atoms with E-state index in [4.69, 9.17) is 0 Å². The highest BCUT2D eigenvalue weighted by molar-refractivity contribution is 5.77. The predicted molar refractivity (Wildman–Crippen MR) is 94.0 cm³/mol. The smallest absolute Gasteiger partial charge is 0.269 e. The van der Waals surface area contributed by atoms with Gasteiger partial charge in [0.2, 0.25) is 5.95 Å². The number of aromatic nitrogens is 3. The van der Waals surface area contributed by atoms with Crippen LogP contribution in [0, 0.1) is 28.7 Å². The van der Waals surface area contributed by atoms with Crippen LogP contribution in [0.25, 0.3) is 5.70 Å². The minimum Gasteiger partial charge on any atom is -0.324 e. The number of non-ortho nitro benzene ring substituents is 1. The molecule has 0 fully saturated rings. The summed E-state index contributed by atoms with van der Waals surface area (Å²) in [5.74, 6) is -0.463. The van der Waals surface area contributed by atoms with Gasteiger partial charge in [-0.25, -0.2) is 13.5 Å². The standard InChI is InChI=1S/C18H13F2N5O2/c1-10-21-18-22-16(11-2-4-15(5-3-11)25(26)27)9-17(24(18)23-10)12-6-13(19)8-14(20)7-12/h2-9,17H,1H3,(H,21,22,23)/t17-/m1/s1. The number of nitro groups is 1. The fraction of sp³-hybridized carbons (Fsp3) is 0.111. The van der Waals surface area contributed by atoms with E-state index in [0.29, 0.717) is 28.6 Å². The lowest BCUT2D eigenvalue weighted by molar-refractivity contribution is -0.384. The van der Waals surface area contributed by atoms with Crippen molar-refractivity contribution in [2.75, 3.05) is 5.32 Å². The SMILES string of the molecule is Cc1nc2n(n1)[C@@H](c1cc(F)cc(F)c1)C=C(c1ccc([N+](=O)[O-])cc1)N2. The van der Waals surface area contributed by atoms with Gasteiger partial charge in [-0.3, -0.25) is 10.1 Å². The van der Waals surface area contributed by atoms with Gasteiger partial charge >= 0.3 is 0 Å². The quantitative estimate of drug-likeness (QED) is 0.560. The van der Waals surface area contributed by atoms with Crippen LogP contribution in [0.1, 0.15) is 23.0 Å². The van der Waals surface area contributed by atoms with Gasteiger partial charge < -0.3 is 5.32 Å². The molecule has 0 radical (unpaired) electrons. The average Bonchev–Trinajstić information content (AvgIpc) is 3.00. The van der Waals surface area contributed by atoms with Crippen molar-refractivity contribution in [3.63, 3.8) is 0 Å². The number of rotatable bonds is 3. The van der Waals surface area contributed by atoms with Gasteiger partial charge in [0.25, 0.3) is 5.69 Å². The van der Waals surface area contributed by atoms with Gasteiger partial charge in [0.15, 0.2) is 0 Å². The lowest BCUT2D eigenvalue weighted by Gasteiger charge is -2.24. The predicted octanol–water partition coefficient (Wildman–Crippen LogP) is 3.83. The average molecular weight is 369 g/mol. The molecule has 136 valence electrons. The second-order valence-electron chi connectivity index (χ2n) is 6.08. The molecule has 2 heterocycles. The van der Waals surface area contributed by atoms with Gasteiger partial charge in [-0.1, -0.05) is 0 Å². The third-order valence-corrected chi connectivity index (χ3v) is 4.19. The van der Waals surface area contributed by atoms with Crippen molar-refractivity contribution in [3.05, 3.63) is 87.2 Å². The third-order valence-electron chi connectivity index (χ3n) is 4.19. The van der Waals surface area contributed by atoms with Crippen molar-refractivity contribution >= 4 is 17.3 Å². The molecule has 1 aliphatic rings. The highest BCUT2D eigenvalue weighted by Crippen LogP contribution is 2.33. The molecule has 2 aromatic carbocycles.